The zero-order valence-corrected chi connectivity index (χ0v) is 13.9. The number of fused-ring (bicyclic) bond motifs is 2. The molecule has 1 atom stereocenters. The summed E-state index contributed by atoms with van der Waals surface area (Å²) in [7, 11) is 0. The lowest BCUT2D eigenvalue weighted by atomic mass is 9.81. The second-order valence-electron chi connectivity index (χ2n) is 6.10. The molecule has 1 aliphatic rings. The van der Waals surface area contributed by atoms with E-state index in [0.717, 1.165) is 0 Å². The first-order chi connectivity index (χ1) is 11.3. The molecule has 0 aliphatic carbocycles. The summed E-state index contributed by atoms with van der Waals surface area (Å²) in [6.45, 7) is 3.54. The highest BCUT2D eigenvalue weighted by molar-refractivity contribution is 6.30. The monoisotopic (exact) mass is 356 g/mol. The zero-order valence-electron chi connectivity index (χ0n) is 13.1. The predicted octanol–water partition coefficient (Wildman–Crippen LogP) is 5.27. The summed E-state index contributed by atoms with van der Waals surface area (Å²) < 4.78 is 48.5. The fourth-order valence-electron chi connectivity index (χ4n) is 2.81. The maximum atomic E-state index is 14.3. The molecule has 0 spiro atoms. The maximum Gasteiger partial charge on any atom is 0.426 e. The normalized spacial score (nSPS) is 19.6. The molecule has 2 heterocycles. The molecule has 3 rings (SSSR count). The first-order valence-corrected chi connectivity index (χ1v) is 7.86. The maximum absolute atomic E-state index is 14.3. The molecule has 1 aromatic carbocycles. The van der Waals surface area contributed by atoms with Crippen LogP contribution in [0.25, 0.3) is 0 Å². The molecule has 0 bridgehead atoms. The molecule has 0 saturated heterocycles. The SMILES string of the molecule is CC(C)COC1(C(F)(F)F)c2cc(Cl)ccc2Nc2ncccc21. The van der Waals surface area contributed by atoms with Crippen molar-refractivity contribution in [1.29, 1.82) is 0 Å². The van der Waals surface area contributed by atoms with E-state index >= 15 is 0 Å². The van der Waals surface area contributed by atoms with E-state index in [1.165, 1.54) is 36.5 Å². The number of nitrogens with zero attached hydrogens (tertiary/aromatic N) is 1. The molecule has 0 fully saturated rings. The van der Waals surface area contributed by atoms with Gasteiger partial charge in [0.05, 0.1) is 6.61 Å². The largest absolute Gasteiger partial charge is 0.426 e. The van der Waals surface area contributed by atoms with Crippen molar-refractivity contribution >= 4 is 23.1 Å². The highest BCUT2D eigenvalue weighted by atomic mass is 35.5. The van der Waals surface area contributed by atoms with Gasteiger partial charge >= 0.3 is 6.18 Å². The van der Waals surface area contributed by atoms with Gasteiger partial charge in [-0.2, -0.15) is 13.2 Å². The minimum absolute atomic E-state index is 0.0522. The number of hydrogen-bond acceptors (Lipinski definition) is 3. The first kappa shape index (κ1) is 17.0. The van der Waals surface area contributed by atoms with Gasteiger partial charge < -0.3 is 10.1 Å². The number of aromatic nitrogens is 1. The van der Waals surface area contributed by atoms with Gasteiger partial charge in [-0.1, -0.05) is 31.5 Å². The van der Waals surface area contributed by atoms with E-state index in [4.69, 9.17) is 16.3 Å². The highest BCUT2D eigenvalue weighted by Crippen LogP contribution is 2.54. The first-order valence-electron chi connectivity index (χ1n) is 7.49. The van der Waals surface area contributed by atoms with Crippen LogP contribution in [0.3, 0.4) is 0 Å². The van der Waals surface area contributed by atoms with Crippen molar-refractivity contribution < 1.29 is 17.9 Å². The number of alkyl halides is 3. The van der Waals surface area contributed by atoms with Crippen molar-refractivity contribution in [1.82, 2.24) is 4.98 Å². The second kappa shape index (κ2) is 5.93. The van der Waals surface area contributed by atoms with Crippen LogP contribution in [-0.4, -0.2) is 17.8 Å². The zero-order chi connectivity index (χ0) is 17.5. The standard InChI is InChI=1S/C17H16ClF3N2O/c1-10(2)9-24-16(17(19,20)21)12-4-3-7-22-15(12)23-14-6-5-11(18)8-13(14)16/h3-8,10H,9H2,1-2H3,(H,22,23). The summed E-state index contributed by atoms with van der Waals surface area (Å²) in [5.41, 5.74) is -2.44. The molecule has 7 heteroatoms. The van der Waals surface area contributed by atoms with E-state index in [-0.39, 0.29) is 40.2 Å². The quantitative estimate of drug-likeness (QED) is 0.813. The third-order valence-electron chi connectivity index (χ3n) is 3.83. The average molecular weight is 357 g/mol. The van der Waals surface area contributed by atoms with Crippen LogP contribution >= 0.6 is 11.6 Å². The Bertz CT molecular complexity index is 764. The Balaban J connectivity index is 2.31. The Morgan fingerprint density at radius 2 is 2.00 bits per heavy atom. The third-order valence-corrected chi connectivity index (χ3v) is 4.07. The number of anilines is 2. The van der Waals surface area contributed by atoms with Crippen molar-refractivity contribution in [2.24, 2.45) is 5.92 Å². The van der Waals surface area contributed by atoms with E-state index in [1.54, 1.807) is 13.8 Å². The lowest BCUT2D eigenvalue weighted by Gasteiger charge is -2.41. The van der Waals surface area contributed by atoms with Crippen LogP contribution in [0.15, 0.2) is 36.5 Å². The molecule has 1 N–H and O–H groups in total. The molecule has 0 radical (unpaired) electrons. The molecule has 0 amide bonds. The van der Waals surface area contributed by atoms with Crippen molar-refractivity contribution in [3.63, 3.8) is 0 Å². The van der Waals surface area contributed by atoms with Crippen molar-refractivity contribution in [2.75, 3.05) is 11.9 Å². The van der Waals surface area contributed by atoms with E-state index in [9.17, 15) is 13.2 Å². The summed E-state index contributed by atoms with van der Waals surface area (Å²) in [6.07, 6.45) is -3.24. The fourth-order valence-corrected chi connectivity index (χ4v) is 2.98. The lowest BCUT2D eigenvalue weighted by molar-refractivity contribution is -0.269. The summed E-state index contributed by atoms with van der Waals surface area (Å²) in [5.74, 6) is 0.0651. The Hall–Kier alpha value is -1.79. The lowest BCUT2D eigenvalue weighted by Crippen LogP contribution is -2.49. The number of pyridine rings is 1. The molecule has 128 valence electrons. The van der Waals surface area contributed by atoms with Crippen molar-refractivity contribution in [3.8, 4) is 0 Å². The summed E-state index contributed by atoms with van der Waals surface area (Å²) in [6, 6.07) is 7.19. The smallest absolute Gasteiger partial charge is 0.356 e. The Morgan fingerprint density at radius 3 is 2.67 bits per heavy atom. The van der Waals surface area contributed by atoms with Crippen molar-refractivity contribution in [2.45, 2.75) is 25.6 Å². The van der Waals surface area contributed by atoms with Gasteiger partial charge in [-0.05, 0) is 30.2 Å². The molecular formula is C17H16ClF3N2O. The van der Waals surface area contributed by atoms with E-state index in [2.05, 4.69) is 10.3 Å². The molecule has 1 unspecified atom stereocenters. The number of rotatable bonds is 3. The molecule has 1 aromatic heterocycles. The van der Waals surface area contributed by atoms with Crippen LogP contribution in [0.5, 0.6) is 0 Å². The number of ether oxygens (including phenoxy) is 1. The number of halogens is 4. The summed E-state index contributed by atoms with van der Waals surface area (Å²) in [5, 5.41) is 3.15. The summed E-state index contributed by atoms with van der Waals surface area (Å²) >= 11 is 5.98. The van der Waals surface area contributed by atoms with E-state index in [1.807, 2.05) is 0 Å². The second-order valence-corrected chi connectivity index (χ2v) is 6.53. The topological polar surface area (TPSA) is 34.1 Å². The minimum atomic E-state index is -4.68. The number of hydrogen-bond donors (Lipinski definition) is 1. The molecule has 0 saturated carbocycles. The van der Waals surface area contributed by atoms with Crippen LogP contribution in [0, 0.1) is 5.92 Å². The Morgan fingerprint density at radius 1 is 1.25 bits per heavy atom. The van der Waals surface area contributed by atoms with E-state index in [0.29, 0.717) is 0 Å². The number of nitrogens with one attached hydrogen (secondary N) is 1. The van der Waals surface area contributed by atoms with Crippen LogP contribution < -0.4 is 5.32 Å². The fraction of sp³-hybridized carbons (Fsp3) is 0.353. The average Bonchev–Trinajstić information content (AvgIpc) is 2.50. The Labute approximate surface area is 142 Å². The molecule has 2 aromatic rings. The molecule has 24 heavy (non-hydrogen) atoms. The molecular weight excluding hydrogens is 341 g/mol. The van der Waals surface area contributed by atoms with Gasteiger partial charge in [0.1, 0.15) is 5.82 Å². The predicted molar refractivity (Wildman–Crippen MR) is 86.6 cm³/mol. The van der Waals surface area contributed by atoms with Gasteiger partial charge in [-0.3, -0.25) is 0 Å². The van der Waals surface area contributed by atoms with Crippen molar-refractivity contribution in [3.05, 3.63) is 52.7 Å². The van der Waals surface area contributed by atoms with Crippen LogP contribution in [0.1, 0.15) is 25.0 Å². The van der Waals surface area contributed by atoms with Gasteiger partial charge in [-0.15, -0.1) is 0 Å². The molecule has 1 aliphatic heterocycles. The minimum Gasteiger partial charge on any atom is -0.356 e. The van der Waals surface area contributed by atoms with E-state index < -0.39 is 11.8 Å². The van der Waals surface area contributed by atoms with Crippen LogP contribution in [0.4, 0.5) is 24.7 Å². The van der Waals surface area contributed by atoms with Gasteiger partial charge in [0.25, 0.3) is 0 Å². The van der Waals surface area contributed by atoms with Gasteiger partial charge in [0.2, 0.25) is 5.60 Å². The Kier molecular flexibility index (Phi) is 4.21. The number of benzene rings is 1. The van der Waals surface area contributed by atoms with Crippen LogP contribution in [-0.2, 0) is 10.3 Å². The van der Waals surface area contributed by atoms with Gasteiger partial charge in [0, 0.05) is 28.0 Å². The third kappa shape index (κ3) is 2.63. The summed E-state index contributed by atoms with van der Waals surface area (Å²) in [4.78, 5) is 4.05. The van der Waals surface area contributed by atoms with Gasteiger partial charge in [-0.25, -0.2) is 4.98 Å². The molecule has 3 nitrogen and oxygen atoms in total. The highest BCUT2D eigenvalue weighted by Gasteiger charge is 2.62. The van der Waals surface area contributed by atoms with Gasteiger partial charge in [0.15, 0.2) is 0 Å². The van der Waals surface area contributed by atoms with Crippen LogP contribution in [0.2, 0.25) is 5.02 Å².